The van der Waals surface area contributed by atoms with Crippen molar-refractivity contribution < 1.29 is 4.79 Å². The van der Waals surface area contributed by atoms with Crippen LogP contribution in [0.2, 0.25) is 0 Å². The van der Waals surface area contributed by atoms with Crippen LogP contribution in [-0.2, 0) is 11.2 Å². The molecule has 0 radical (unpaired) electrons. The highest BCUT2D eigenvalue weighted by Gasteiger charge is 2.17. The van der Waals surface area contributed by atoms with Gasteiger partial charge < -0.3 is 5.32 Å². The molecule has 1 aliphatic heterocycles. The highest BCUT2D eigenvalue weighted by atomic mass is 32.2. The van der Waals surface area contributed by atoms with Crippen LogP contribution < -0.4 is 5.32 Å². The Morgan fingerprint density at radius 2 is 1.82 bits per heavy atom. The minimum Gasteiger partial charge on any atom is -0.304 e. The number of hydrogen-bond acceptors (Lipinski definition) is 4. The molecular weight excluding hydrogens is 294 g/mol. The molecule has 1 aromatic rings. The van der Waals surface area contributed by atoms with Crippen molar-refractivity contribution in [3.8, 4) is 0 Å². The summed E-state index contributed by atoms with van der Waals surface area (Å²) in [5.41, 5.74) is 6.28. The number of amidine groups is 1. The van der Waals surface area contributed by atoms with E-state index in [1.54, 1.807) is 11.8 Å². The van der Waals surface area contributed by atoms with Crippen LogP contribution in [0.15, 0.2) is 22.3 Å². The number of carbonyl (C=O) groups excluding carboxylic acids is 1. The lowest BCUT2D eigenvalue weighted by Crippen LogP contribution is -2.32. The highest BCUT2D eigenvalue weighted by molar-refractivity contribution is 8.14. The van der Waals surface area contributed by atoms with Crippen molar-refractivity contribution >= 4 is 28.5 Å². The van der Waals surface area contributed by atoms with Gasteiger partial charge in [0.15, 0.2) is 5.17 Å². The fourth-order valence-corrected chi connectivity index (χ4v) is 3.58. The molecule has 4 nitrogen and oxygen atoms in total. The summed E-state index contributed by atoms with van der Waals surface area (Å²) in [6, 6.07) is 4.53. The maximum Gasteiger partial charge on any atom is 0.226 e. The van der Waals surface area contributed by atoms with Gasteiger partial charge in [-0.25, -0.2) is 0 Å². The summed E-state index contributed by atoms with van der Waals surface area (Å²) in [6.07, 6.45) is 4.94. The molecule has 2 aliphatic rings. The van der Waals surface area contributed by atoms with Crippen molar-refractivity contribution in [1.29, 1.82) is 0 Å². The van der Waals surface area contributed by atoms with Gasteiger partial charge in [-0.05, 0) is 62.3 Å². The standard InChI is InChI=1S/C17H21N3OS/c1-11-9-13-5-3-4-6-15(14(13)10-12(11)2)19-20-17-18-16(21)7-8-22-17/h9-10H,3-8H2,1-2H3,(H,18,20,21)/b19-15+. The van der Waals surface area contributed by atoms with E-state index in [0.717, 1.165) is 30.7 Å². The number of rotatable bonds is 1. The first-order valence-corrected chi connectivity index (χ1v) is 8.80. The van der Waals surface area contributed by atoms with Crippen LogP contribution >= 0.6 is 11.8 Å². The smallest absolute Gasteiger partial charge is 0.226 e. The average molecular weight is 315 g/mol. The molecule has 116 valence electrons. The number of fused-ring (bicyclic) bond motifs is 1. The molecule has 0 atom stereocenters. The maximum atomic E-state index is 11.4. The number of carbonyl (C=O) groups is 1. The zero-order valence-corrected chi connectivity index (χ0v) is 13.9. The van der Waals surface area contributed by atoms with Crippen molar-refractivity contribution in [3.63, 3.8) is 0 Å². The quantitative estimate of drug-likeness (QED) is 0.638. The van der Waals surface area contributed by atoms with E-state index in [-0.39, 0.29) is 5.91 Å². The van der Waals surface area contributed by atoms with E-state index in [0.29, 0.717) is 11.6 Å². The van der Waals surface area contributed by atoms with E-state index in [1.165, 1.54) is 28.7 Å². The zero-order valence-electron chi connectivity index (χ0n) is 13.1. The summed E-state index contributed by atoms with van der Waals surface area (Å²) in [4.78, 5) is 11.4. The molecule has 3 rings (SSSR count). The van der Waals surface area contributed by atoms with E-state index >= 15 is 0 Å². The normalized spacial score (nSPS) is 22.4. The molecule has 1 fully saturated rings. The van der Waals surface area contributed by atoms with Crippen molar-refractivity contribution in [2.45, 2.75) is 46.0 Å². The maximum absolute atomic E-state index is 11.4. The van der Waals surface area contributed by atoms with E-state index in [4.69, 9.17) is 0 Å². The zero-order chi connectivity index (χ0) is 15.5. The lowest BCUT2D eigenvalue weighted by Gasteiger charge is -2.13. The summed E-state index contributed by atoms with van der Waals surface area (Å²) >= 11 is 1.56. The number of nitrogens with zero attached hydrogens (tertiary/aromatic N) is 2. The Morgan fingerprint density at radius 3 is 2.64 bits per heavy atom. The first kappa shape index (κ1) is 15.3. The van der Waals surface area contributed by atoms with Crippen molar-refractivity contribution in [2.24, 2.45) is 10.2 Å². The van der Waals surface area contributed by atoms with E-state index in [2.05, 4.69) is 41.5 Å². The van der Waals surface area contributed by atoms with E-state index < -0.39 is 0 Å². The Bertz CT molecular complexity index is 664. The number of amides is 1. The Labute approximate surface area is 135 Å². The van der Waals surface area contributed by atoms with Gasteiger partial charge in [-0.15, -0.1) is 5.10 Å². The minimum absolute atomic E-state index is 0.0328. The summed E-state index contributed by atoms with van der Waals surface area (Å²) < 4.78 is 0. The van der Waals surface area contributed by atoms with Gasteiger partial charge in [0.25, 0.3) is 0 Å². The molecule has 1 N–H and O–H groups in total. The minimum atomic E-state index is 0.0328. The molecule has 0 aromatic heterocycles. The van der Waals surface area contributed by atoms with Gasteiger partial charge in [0.1, 0.15) is 0 Å². The molecule has 0 bridgehead atoms. The van der Waals surface area contributed by atoms with Crippen LogP contribution in [0.5, 0.6) is 0 Å². The van der Waals surface area contributed by atoms with Crippen LogP contribution in [-0.4, -0.2) is 22.5 Å². The van der Waals surface area contributed by atoms with Gasteiger partial charge in [-0.2, -0.15) is 5.10 Å². The molecule has 0 unspecified atom stereocenters. The SMILES string of the molecule is Cc1cc2c(cc1C)/C(=N/N=C1/NC(=O)CCS1)CCCC2. The molecule has 0 spiro atoms. The van der Waals surface area contributed by atoms with Gasteiger partial charge >= 0.3 is 0 Å². The van der Waals surface area contributed by atoms with E-state index in [1.807, 2.05) is 0 Å². The number of nitrogens with one attached hydrogen (secondary N) is 1. The first-order valence-electron chi connectivity index (χ1n) is 7.81. The average Bonchev–Trinajstić information content (AvgIpc) is 2.68. The summed E-state index contributed by atoms with van der Waals surface area (Å²) in [6.45, 7) is 4.30. The number of benzene rings is 1. The fourth-order valence-electron chi connectivity index (χ4n) is 2.82. The molecule has 1 aliphatic carbocycles. The predicted molar refractivity (Wildman–Crippen MR) is 92.7 cm³/mol. The number of hydrogen-bond donors (Lipinski definition) is 1. The van der Waals surface area contributed by atoms with Gasteiger partial charge in [-0.1, -0.05) is 17.8 Å². The molecular formula is C17H21N3OS. The lowest BCUT2D eigenvalue weighted by molar-refractivity contribution is -0.119. The third-order valence-corrected chi connectivity index (χ3v) is 5.08. The summed E-state index contributed by atoms with van der Waals surface area (Å²) in [7, 11) is 0. The van der Waals surface area contributed by atoms with E-state index in [9.17, 15) is 4.79 Å². The van der Waals surface area contributed by atoms with Crippen LogP contribution in [0.25, 0.3) is 0 Å². The molecule has 0 saturated carbocycles. The molecule has 1 amide bonds. The number of thioether (sulfide) groups is 1. The first-order chi connectivity index (χ1) is 10.6. The Kier molecular flexibility index (Phi) is 4.62. The largest absolute Gasteiger partial charge is 0.304 e. The molecule has 1 aromatic carbocycles. The second-order valence-electron chi connectivity index (χ2n) is 5.90. The summed E-state index contributed by atoms with van der Waals surface area (Å²) in [5, 5.41) is 12.2. The third kappa shape index (κ3) is 3.40. The van der Waals surface area contributed by atoms with Crippen molar-refractivity contribution in [3.05, 3.63) is 34.4 Å². The number of aryl methyl sites for hydroxylation is 3. The van der Waals surface area contributed by atoms with Crippen LogP contribution in [0.1, 0.15) is 47.9 Å². The second kappa shape index (κ2) is 6.65. The summed E-state index contributed by atoms with van der Waals surface area (Å²) in [5.74, 6) is 0.815. The lowest BCUT2D eigenvalue weighted by atomic mass is 9.96. The third-order valence-electron chi connectivity index (χ3n) is 4.22. The van der Waals surface area contributed by atoms with Gasteiger partial charge in [0, 0.05) is 17.7 Å². The predicted octanol–water partition coefficient (Wildman–Crippen LogP) is 3.34. The van der Waals surface area contributed by atoms with Crippen LogP contribution in [0.3, 0.4) is 0 Å². The fraction of sp³-hybridized carbons (Fsp3) is 0.471. The molecule has 22 heavy (non-hydrogen) atoms. The van der Waals surface area contributed by atoms with Crippen LogP contribution in [0, 0.1) is 13.8 Å². The van der Waals surface area contributed by atoms with Gasteiger partial charge in [0.2, 0.25) is 5.91 Å². The molecule has 1 saturated heterocycles. The Balaban J connectivity index is 1.94. The van der Waals surface area contributed by atoms with Gasteiger partial charge in [0.05, 0.1) is 5.71 Å². The Hall–Kier alpha value is -1.62. The van der Waals surface area contributed by atoms with Crippen LogP contribution in [0.4, 0.5) is 0 Å². The topological polar surface area (TPSA) is 53.8 Å². The molecule has 1 heterocycles. The molecule has 5 heteroatoms. The monoisotopic (exact) mass is 315 g/mol. The Morgan fingerprint density at radius 1 is 1.05 bits per heavy atom. The van der Waals surface area contributed by atoms with Crippen molar-refractivity contribution in [1.82, 2.24) is 5.32 Å². The van der Waals surface area contributed by atoms with Crippen molar-refractivity contribution in [2.75, 3.05) is 5.75 Å². The van der Waals surface area contributed by atoms with Gasteiger partial charge in [-0.3, -0.25) is 4.79 Å². The second-order valence-corrected chi connectivity index (χ2v) is 6.98. The highest BCUT2D eigenvalue weighted by Crippen LogP contribution is 2.25.